The monoisotopic (exact) mass is 309 g/mol. The van der Waals surface area contributed by atoms with Crippen molar-refractivity contribution in [3.05, 3.63) is 18.0 Å². The summed E-state index contributed by atoms with van der Waals surface area (Å²) in [4.78, 5) is 0. The van der Waals surface area contributed by atoms with Crippen LogP contribution in [0.25, 0.3) is 0 Å². The first kappa shape index (κ1) is 15.4. The van der Waals surface area contributed by atoms with Gasteiger partial charge in [-0.25, -0.2) is 0 Å². The first-order valence-corrected chi connectivity index (χ1v) is 9.20. The number of alkyl halides is 1. The van der Waals surface area contributed by atoms with E-state index in [9.17, 15) is 0 Å². The average Bonchev–Trinajstić information content (AvgIpc) is 3.04. The Morgan fingerprint density at radius 2 is 1.86 bits per heavy atom. The summed E-state index contributed by atoms with van der Waals surface area (Å²) in [5.41, 5.74) is 1.31. The van der Waals surface area contributed by atoms with E-state index >= 15 is 0 Å². The van der Waals surface area contributed by atoms with Crippen LogP contribution in [0.1, 0.15) is 75.9 Å². The summed E-state index contributed by atoms with van der Waals surface area (Å²) in [5, 5.41) is 8.50. The van der Waals surface area contributed by atoms with Gasteiger partial charge in [-0.15, -0.1) is 11.6 Å². The van der Waals surface area contributed by atoms with Gasteiger partial charge in [0.25, 0.3) is 0 Å². The van der Waals surface area contributed by atoms with Gasteiger partial charge < -0.3 is 5.32 Å². The fourth-order valence-corrected chi connectivity index (χ4v) is 4.25. The quantitative estimate of drug-likeness (QED) is 0.816. The van der Waals surface area contributed by atoms with E-state index in [0.29, 0.717) is 6.04 Å². The summed E-state index contributed by atoms with van der Waals surface area (Å²) in [6, 6.07) is 2.80. The molecule has 0 atom stereocenters. The molecule has 2 aliphatic carbocycles. The normalized spacial score (nSPS) is 23.3. The second kappa shape index (κ2) is 7.15. The highest BCUT2D eigenvalue weighted by Gasteiger charge is 2.30. The van der Waals surface area contributed by atoms with E-state index in [1.807, 2.05) is 0 Å². The Labute approximate surface area is 133 Å². The van der Waals surface area contributed by atoms with Crippen molar-refractivity contribution in [1.82, 2.24) is 15.1 Å². The molecule has 0 saturated heterocycles. The van der Waals surface area contributed by atoms with E-state index < -0.39 is 0 Å². The Bertz CT molecular complexity index is 431. The van der Waals surface area contributed by atoms with Crippen molar-refractivity contribution >= 4 is 11.6 Å². The van der Waals surface area contributed by atoms with Crippen LogP contribution < -0.4 is 5.32 Å². The van der Waals surface area contributed by atoms with Crippen molar-refractivity contribution in [1.29, 1.82) is 0 Å². The van der Waals surface area contributed by atoms with Crippen LogP contribution in [0.3, 0.4) is 0 Å². The van der Waals surface area contributed by atoms with Gasteiger partial charge in [-0.05, 0) is 31.7 Å². The van der Waals surface area contributed by atoms with Crippen molar-refractivity contribution in [3.63, 3.8) is 0 Å². The number of hydrogen-bond donors (Lipinski definition) is 1. The third-order valence-electron chi connectivity index (χ3n) is 5.32. The van der Waals surface area contributed by atoms with Crippen LogP contribution in [0.4, 0.5) is 0 Å². The number of rotatable bonds is 5. The van der Waals surface area contributed by atoms with E-state index in [1.165, 1.54) is 64.2 Å². The maximum absolute atomic E-state index is 6.24. The number of nitrogens with zero attached hydrogens (tertiary/aromatic N) is 2. The van der Waals surface area contributed by atoms with Crippen molar-refractivity contribution in [2.75, 3.05) is 5.88 Å². The molecular formula is C17H28ClN3. The lowest BCUT2D eigenvalue weighted by Crippen LogP contribution is -2.48. The van der Waals surface area contributed by atoms with Crippen molar-refractivity contribution < 1.29 is 0 Å². The summed E-state index contributed by atoms with van der Waals surface area (Å²) in [6.45, 7) is 0.854. The van der Waals surface area contributed by atoms with Gasteiger partial charge >= 0.3 is 0 Å². The molecule has 3 rings (SSSR count). The van der Waals surface area contributed by atoms with Crippen molar-refractivity contribution in [2.45, 2.75) is 82.3 Å². The minimum atomic E-state index is 0.147. The van der Waals surface area contributed by atoms with Gasteiger partial charge in [0, 0.05) is 24.2 Å². The van der Waals surface area contributed by atoms with Crippen LogP contribution in [0.2, 0.25) is 0 Å². The van der Waals surface area contributed by atoms with Gasteiger partial charge in [-0.1, -0.05) is 38.5 Å². The van der Waals surface area contributed by atoms with Gasteiger partial charge in [0.15, 0.2) is 0 Å². The van der Waals surface area contributed by atoms with E-state index in [-0.39, 0.29) is 5.54 Å². The molecule has 0 amide bonds. The predicted molar refractivity (Wildman–Crippen MR) is 87.7 cm³/mol. The molecule has 2 fully saturated rings. The van der Waals surface area contributed by atoms with Crippen LogP contribution in [0, 0.1) is 0 Å². The minimum Gasteiger partial charge on any atom is -0.304 e. The molecule has 0 spiro atoms. The Kier molecular flexibility index (Phi) is 5.23. The lowest BCUT2D eigenvalue weighted by atomic mass is 9.83. The standard InChI is InChI=1S/C17H28ClN3/c18-14-17(10-5-2-6-11-17)19-13-15-9-12-21(20-15)16-7-3-1-4-8-16/h9,12,16,19H,1-8,10-11,13-14H2. The molecule has 118 valence electrons. The van der Waals surface area contributed by atoms with Crippen LogP contribution in [-0.4, -0.2) is 21.2 Å². The molecule has 1 N–H and O–H groups in total. The lowest BCUT2D eigenvalue weighted by molar-refractivity contribution is 0.254. The minimum absolute atomic E-state index is 0.147. The van der Waals surface area contributed by atoms with E-state index in [0.717, 1.165) is 18.1 Å². The third-order valence-corrected chi connectivity index (χ3v) is 5.83. The van der Waals surface area contributed by atoms with Gasteiger partial charge in [0.05, 0.1) is 11.7 Å². The zero-order chi connectivity index (χ0) is 14.5. The van der Waals surface area contributed by atoms with Crippen LogP contribution in [-0.2, 0) is 6.54 Å². The second-order valence-corrected chi connectivity index (χ2v) is 7.17. The van der Waals surface area contributed by atoms with Crippen LogP contribution in [0.5, 0.6) is 0 Å². The molecule has 0 bridgehead atoms. The topological polar surface area (TPSA) is 29.9 Å². The highest BCUT2D eigenvalue weighted by atomic mass is 35.5. The molecule has 0 radical (unpaired) electrons. The molecule has 0 aliphatic heterocycles. The summed E-state index contributed by atoms with van der Waals surface area (Å²) in [5.74, 6) is 0.719. The molecule has 0 unspecified atom stereocenters. The second-order valence-electron chi connectivity index (χ2n) is 6.91. The SMILES string of the molecule is ClCC1(NCc2ccn(C3CCCCC3)n2)CCCCC1. The number of nitrogens with one attached hydrogen (secondary N) is 1. The first-order chi connectivity index (χ1) is 10.3. The Hall–Kier alpha value is -0.540. The molecule has 3 nitrogen and oxygen atoms in total. The van der Waals surface area contributed by atoms with Gasteiger partial charge in [0.1, 0.15) is 0 Å². The molecule has 0 aromatic carbocycles. The summed E-state index contributed by atoms with van der Waals surface area (Å²) in [7, 11) is 0. The molecule has 1 heterocycles. The molecule has 2 aliphatic rings. The maximum Gasteiger partial charge on any atom is 0.0762 e. The highest BCUT2D eigenvalue weighted by molar-refractivity contribution is 6.18. The van der Waals surface area contributed by atoms with Crippen molar-refractivity contribution in [2.24, 2.45) is 0 Å². The largest absolute Gasteiger partial charge is 0.304 e. The Morgan fingerprint density at radius 3 is 2.57 bits per heavy atom. The van der Waals surface area contributed by atoms with E-state index in [1.54, 1.807) is 0 Å². The molecule has 21 heavy (non-hydrogen) atoms. The summed E-state index contributed by atoms with van der Waals surface area (Å²) in [6.07, 6.45) is 15.2. The number of aromatic nitrogens is 2. The van der Waals surface area contributed by atoms with Crippen LogP contribution in [0.15, 0.2) is 12.3 Å². The van der Waals surface area contributed by atoms with E-state index in [2.05, 4.69) is 22.3 Å². The summed E-state index contributed by atoms with van der Waals surface area (Å²) < 4.78 is 2.20. The number of hydrogen-bond acceptors (Lipinski definition) is 2. The fourth-order valence-electron chi connectivity index (χ4n) is 3.88. The molecule has 4 heteroatoms. The third kappa shape index (κ3) is 3.81. The average molecular weight is 310 g/mol. The highest BCUT2D eigenvalue weighted by Crippen LogP contribution is 2.30. The predicted octanol–water partition coefficient (Wildman–Crippen LogP) is 4.42. The lowest BCUT2D eigenvalue weighted by Gasteiger charge is -2.36. The smallest absolute Gasteiger partial charge is 0.0762 e. The zero-order valence-electron chi connectivity index (χ0n) is 13.0. The van der Waals surface area contributed by atoms with Crippen LogP contribution >= 0.6 is 11.6 Å². The van der Waals surface area contributed by atoms with Gasteiger partial charge in [-0.2, -0.15) is 5.10 Å². The molecule has 1 aromatic rings. The Balaban J connectivity index is 1.56. The first-order valence-electron chi connectivity index (χ1n) is 8.66. The van der Waals surface area contributed by atoms with Gasteiger partial charge in [0.2, 0.25) is 0 Å². The fraction of sp³-hybridized carbons (Fsp3) is 0.824. The zero-order valence-corrected chi connectivity index (χ0v) is 13.7. The molecule has 2 saturated carbocycles. The van der Waals surface area contributed by atoms with Gasteiger partial charge in [-0.3, -0.25) is 4.68 Å². The summed E-state index contributed by atoms with van der Waals surface area (Å²) >= 11 is 6.24. The molecule has 1 aromatic heterocycles. The Morgan fingerprint density at radius 1 is 1.14 bits per heavy atom. The molecular weight excluding hydrogens is 282 g/mol. The number of halogens is 1. The van der Waals surface area contributed by atoms with E-state index in [4.69, 9.17) is 16.7 Å². The van der Waals surface area contributed by atoms with Crippen molar-refractivity contribution in [3.8, 4) is 0 Å². The maximum atomic E-state index is 6.24.